The normalized spacial score (nSPS) is 21.3. The highest BCUT2D eigenvalue weighted by atomic mass is 16.5. The molecule has 6 nitrogen and oxygen atoms in total. The van der Waals surface area contributed by atoms with Gasteiger partial charge in [0.05, 0.1) is 43.0 Å². The highest BCUT2D eigenvalue weighted by Gasteiger charge is 2.28. The number of fused-ring (bicyclic) bond motifs is 1. The SMILES string of the molecule is O=C(N[C@H]1COCC[C@H]1OCCO)c1cccc2cccnc12. The fourth-order valence-electron chi connectivity index (χ4n) is 2.79. The van der Waals surface area contributed by atoms with Crippen molar-refractivity contribution in [2.75, 3.05) is 26.4 Å². The number of benzene rings is 1. The van der Waals surface area contributed by atoms with Crippen molar-refractivity contribution < 1.29 is 19.4 Å². The van der Waals surface area contributed by atoms with Crippen LogP contribution in [-0.2, 0) is 9.47 Å². The molecule has 1 aliphatic heterocycles. The number of pyridine rings is 1. The Hall–Kier alpha value is -2.02. The molecule has 1 aromatic heterocycles. The zero-order valence-corrected chi connectivity index (χ0v) is 12.8. The van der Waals surface area contributed by atoms with Crippen molar-refractivity contribution in [3.8, 4) is 0 Å². The molecule has 0 bridgehead atoms. The maximum Gasteiger partial charge on any atom is 0.253 e. The smallest absolute Gasteiger partial charge is 0.253 e. The molecule has 1 aromatic carbocycles. The van der Waals surface area contributed by atoms with Crippen molar-refractivity contribution in [1.29, 1.82) is 0 Å². The number of amides is 1. The summed E-state index contributed by atoms with van der Waals surface area (Å²) < 4.78 is 11.1. The summed E-state index contributed by atoms with van der Waals surface area (Å²) in [4.78, 5) is 16.9. The van der Waals surface area contributed by atoms with E-state index in [1.807, 2.05) is 24.3 Å². The maximum atomic E-state index is 12.6. The number of ether oxygens (including phenoxy) is 2. The van der Waals surface area contributed by atoms with Crippen molar-refractivity contribution in [1.82, 2.24) is 10.3 Å². The monoisotopic (exact) mass is 316 g/mol. The highest BCUT2D eigenvalue weighted by molar-refractivity contribution is 6.05. The van der Waals surface area contributed by atoms with E-state index in [1.54, 1.807) is 12.3 Å². The van der Waals surface area contributed by atoms with E-state index in [9.17, 15) is 4.79 Å². The number of hydrogen-bond donors (Lipinski definition) is 2. The van der Waals surface area contributed by atoms with E-state index in [4.69, 9.17) is 14.6 Å². The molecule has 1 saturated heterocycles. The number of aromatic nitrogens is 1. The van der Waals surface area contributed by atoms with Crippen LogP contribution in [0.1, 0.15) is 16.8 Å². The Kier molecular flexibility index (Phi) is 5.17. The molecule has 0 unspecified atom stereocenters. The Morgan fingerprint density at radius 3 is 3.13 bits per heavy atom. The summed E-state index contributed by atoms with van der Waals surface area (Å²) in [7, 11) is 0. The Morgan fingerprint density at radius 2 is 2.26 bits per heavy atom. The van der Waals surface area contributed by atoms with Crippen LogP contribution in [0.2, 0.25) is 0 Å². The lowest BCUT2D eigenvalue weighted by atomic mass is 10.0. The quantitative estimate of drug-likeness (QED) is 0.864. The summed E-state index contributed by atoms with van der Waals surface area (Å²) in [5.41, 5.74) is 1.21. The molecule has 1 fully saturated rings. The number of aliphatic hydroxyl groups is 1. The molecule has 0 spiro atoms. The van der Waals surface area contributed by atoms with E-state index < -0.39 is 0 Å². The molecule has 23 heavy (non-hydrogen) atoms. The third-order valence-electron chi connectivity index (χ3n) is 3.91. The Morgan fingerprint density at radius 1 is 1.39 bits per heavy atom. The van der Waals surface area contributed by atoms with Gasteiger partial charge in [0.2, 0.25) is 0 Å². The summed E-state index contributed by atoms with van der Waals surface area (Å²) in [6.07, 6.45) is 2.22. The molecule has 0 radical (unpaired) electrons. The van der Waals surface area contributed by atoms with Gasteiger partial charge in [-0.15, -0.1) is 0 Å². The van der Waals surface area contributed by atoms with E-state index in [2.05, 4.69) is 10.3 Å². The van der Waals surface area contributed by atoms with Crippen LogP contribution in [-0.4, -0.2) is 54.6 Å². The number of nitrogens with zero attached hydrogens (tertiary/aromatic N) is 1. The minimum atomic E-state index is -0.234. The number of nitrogens with one attached hydrogen (secondary N) is 1. The van der Waals surface area contributed by atoms with Crippen molar-refractivity contribution in [2.45, 2.75) is 18.6 Å². The van der Waals surface area contributed by atoms with Gasteiger partial charge in [-0.25, -0.2) is 0 Å². The van der Waals surface area contributed by atoms with Crippen molar-refractivity contribution in [3.63, 3.8) is 0 Å². The van der Waals surface area contributed by atoms with Gasteiger partial charge in [-0.1, -0.05) is 18.2 Å². The standard InChI is InChI=1S/C17H20N2O4/c20-8-10-23-15-6-9-22-11-14(15)19-17(21)13-5-1-3-12-4-2-7-18-16(12)13/h1-5,7,14-15,20H,6,8-11H2,(H,19,21)/t14-,15+/m0/s1. The van der Waals surface area contributed by atoms with Crippen molar-refractivity contribution in [3.05, 3.63) is 42.1 Å². The third kappa shape index (κ3) is 3.67. The second-order valence-corrected chi connectivity index (χ2v) is 5.46. The summed E-state index contributed by atoms with van der Waals surface area (Å²) in [6, 6.07) is 9.07. The minimum Gasteiger partial charge on any atom is -0.394 e. The summed E-state index contributed by atoms with van der Waals surface area (Å²) >= 11 is 0. The van der Waals surface area contributed by atoms with E-state index in [0.29, 0.717) is 30.7 Å². The van der Waals surface area contributed by atoms with Crippen LogP contribution in [0.5, 0.6) is 0 Å². The second-order valence-electron chi connectivity index (χ2n) is 5.46. The predicted octanol–water partition coefficient (Wildman–Crippen LogP) is 1.13. The third-order valence-corrected chi connectivity index (χ3v) is 3.91. The number of aliphatic hydroxyl groups excluding tert-OH is 1. The number of hydrogen-bond acceptors (Lipinski definition) is 5. The van der Waals surface area contributed by atoms with Gasteiger partial charge in [0.1, 0.15) is 0 Å². The Balaban J connectivity index is 1.76. The zero-order valence-electron chi connectivity index (χ0n) is 12.8. The first-order valence-corrected chi connectivity index (χ1v) is 7.74. The number of para-hydroxylation sites is 1. The highest BCUT2D eigenvalue weighted by Crippen LogP contribution is 2.17. The molecule has 2 aromatic rings. The fourth-order valence-corrected chi connectivity index (χ4v) is 2.79. The molecule has 1 amide bonds. The summed E-state index contributed by atoms with van der Waals surface area (Å²) in [5, 5.41) is 12.8. The summed E-state index contributed by atoms with van der Waals surface area (Å²) in [6.45, 7) is 1.22. The molecular weight excluding hydrogens is 296 g/mol. The second kappa shape index (κ2) is 7.50. The van der Waals surface area contributed by atoms with Gasteiger partial charge in [0.25, 0.3) is 5.91 Å². The van der Waals surface area contributed by atoms with Crippen LogP contribution >= 0.6 is 0 Å². The van der Waals surface area contributed by atoms with Crippen LogP contribution in [0.15, 0.2) is 36.5 Å². The first-order chi connectivity index (χ1) is 11.3. The van der Waals surface area contributed by atoms with Gasteiger partial charge < -0.3 is 19.9 Å². The van der Waals surface area contributed by atoms with E-state index in [1.165, 1.54) is 0 Å². The lowest BCUT2D eigenvalue weighted by molar-refractivity contribution is -0.0612. The van der Waals surface area contributed by atoms with Crippen LogP contribution in [0.4, 0.5) is 0 Å². The van der Waals surface area contributed by atoms with Crippen molar-refractivity contribution in [2.24, 2.45) is 0 Å². The van der Waals surface area contributed by atoms with Crippen LogP contribution < -0.4 is 5.32 Å². The average molecular weight is 316 g/mol. The van der Waals surface area contributed by atoms with Crippen LogP contribution in [0.3, 0.4) is 0 Å². The number of carbonyl (C=O) groups excluding carboxylic acids is 1. The lowest BCUT2D eigenvalue weighted by Crippen LogP contribution is -2.50. The van der Waals surface area contributed by atoms with E-state index in [-0.39, 0.29) is 31.3 Å². The molecule has 2 atom stereocenters. The molecular formula is C17H20N2O4. The molecule has 1 aliphatic rings. The maximum absolute atomic E-state index is 12.6. The van der Waals surface area contributed by atoms with Gasteiger partial charge in [0, 0.05) is 18.2 Å². The van der Waals surface area contributed by atoms with Gasteiger partial charge in [-0.2, -0.15) is 0 Å². The molecule has 2 N–H and O–H groups in total. The van der Waals surface area contributed by atoms with Crippen molar-refractivity contribution >= 4 is 16.8 Å². The average Bonchev–Trinajstić information content (AvgIpc) is 2.60. The molecule has 3 rings (SSSR count). The fraction of sp³-hybridized carbons (Fsp3) is 0.412. The largest absolute Gasteiger partial charge is 0.394 e. The van der Waals surface area contributed by atoms with Gasteiger partial charge in [-0.3, -0.25) is 9.78 Å². The summed E-state index contributed by atoms with van der Waals surface area (Å²) in [5.74, 6) is -0.192. The molecule has 0 aliphatic carbocycles. The first kappa shape index (κ1) is 15.9. The van der Waals surface area contributed by atoms with Gasteiger partial charge >= 0.3 is 0 Å². The predicted molar refractivity (Wildman–Crippen MR) is 85.3 cm³/mol. The van der Waals surface area contributed by atoms with Crippen LogP contribution in [0, 0.1) is 0 Å². The first-order valence-electron chi connectivity index (χ1n) is 7.74. The van der Waals surface area contributed by atoms with Crippen LogP contribution in [0.25, 0.3) is 10.9 Å². The van der Waals surface area contributed by atoms with Gasteiger partial charge in [-0.05, 0) is 18.6 Å². The molecule has 2 heterocycles. The topological polar surface area (TPSA) is 80.7 Å². The number of carbonyl (C=O) groups is 1. The Bertz CT molecular complexity index is 671. The minimum absolute atomic E-state index is 0.0364. The molecule has 0 saturated carbocycles. The lowest BCUT2D eigenvalue weighted by Gasteiger charge is -2.32. The van der Waals surface area contributed by atoms with Gasteiger partial charge in [0.15, 0.2) is 0 Å². The molecule has 6 heteroatoms. The number of rotatable bonds is 5. The zero-order chi connectivity index (χ0) is 16.1. The molecule has 122 valence electrons. The van der Waals surface area contributed by atoms with E-state index >= 15 is 0 Å². The Labute approximate surface area is 134 Å². The van der Waals surface area contributed by atoms with E-state index in [0.717, 1.165) is 5.39 Å².